The van der Waals surface area contributed by atoms with Gasteiger partial charge in [-0.15, -0.1) is 11.6 Å². The van der Waals surface area contributed by atoms with Crippen molar-refractivity contribution in [1.82, 2.24) is 14.7 Å². The largest absolute Gasteiger partial charge is 0.481 e. The molecule has 0 fully saturated rings. The molecule has 0 saturated heterocycles. The highest BCUT2D eigenvalue weighted by atomic mass is 35.5. The molecule has 212 valence electrons. The van der Waals surface area contributed by atoms with E-state index in [1.165, 1.54) is 4.90 Å². The summed E-state index contributed by atoms with van der Waals surface area (Å²) in [6, 6.07) is 13.9. The summed E-state index contributed by atoms with van der Waals surface area (Å²) in [4.78, 5) is 56.1. The van der Waals surface area contributed by atoms with Crippen LogP contribution in [-0.2, 0) is 20.8 Å². The molecular weight excluding hydrogens is 530 g/mol. The van der Waals surface area contributed by atoms with Gasteiger partial charge >= 0.3 is 5.97 Å². The van der Waals surface area contributed by atoms with Crippen molar-refractivity contribution in [3.05, 3.63) is 76.4 Å². The van der Waals surface area contributed by atoms with Crippen molar-refractivity contribution in [2.45, 2.75) is 57.7 Å². The molecular formula is C31H36ClN3O5. The molecule has 9 heteroatoms. The van der Waals surface area contributed by atoms with Crippen LogP contribution in [-0.4, -0.2) is 81.6 Å². The molecule has 0 unspecified atom stereocenters. The number of carbonyl (C=O) groups is 4. The molecule has 1 aliphatic heterocycles. The third-order valence-electron chi connectivity index (χ3n) is 7.66. The van der Waals surface area contributed by atoms with Crippen LogP contribution in [0.5, 0.6) is 0 Å². The molecule has 0 saturated carbocycles. The predicted molar refractivity (Wildman–Crippen MR) is 154 cm³/mol. The molecule has 1 N–H and O–H groups in total. The van der Waals surface area contributed by atoms with Crippen LogP contribution in [0.3, 0.4) is 0 Å². The van der Waals surface area contributed by atoms with Gasteiger partial charge in [0.15, 0.2) is 0 Å². The van der Waals surface area contributed by atoms with Gasteiger partial charge in [0.1, 0.15) is 11.9 Å². The first-order valence-corrected chi connectivity index (χ1v) is 13.9. The van der Waals surface area contributed by atoms with Gasteiger partial charge in [0.25, 0.3) is 5.91 Å². The highest BCUT2D eigenvalue weighted by Crippen LogP contribution is 2.49. The molecule has 1 heterocycles. The lowest BCUT2D eigenvalue weighted by atomic mass is 9.84. The summed E-state index contributed by atoms with van der Waals surface area (Å²) in [6.07, 6.45) is 0.902. The maximum Gasteiger partial charge on any atom is 0.305 e. The second kappa shape index (κ2) is 11.5. The molecule has 0 aromatic heterocycles. The predicted octanol–water partition coefficient (Wildman–Crippen LogP) is 4.38. The van der Waals surface area contributed by atoms with E-state index in [0.717, 1.165) is 27.8 Å². The number of halogens is 1. The molecule has 2 aromatic rings. The molecule has 40 heavy (non-hydrogen) atoms. The molecule has 2 atom stereocenters. The fraction of sp³-hybridized carbons (Fsp3) is 0.419. The topological polar surface area (TPSA) is 98.2 Å². The number of carbonyl (C=O) groups excluding carboxylic acids is 3. The molecule has 0 radical (unpaired) electrons. The fourth-order valence-corrected chi connectivity index (χ4v) is 5.90. The van der Waals surface area contributed by atoms with E-state index in [1.54, 1.807) is 36.0 Å². The van der Waals surface area contributed by atoms with E-state index in [1.807, 2.05) is 45.0 Å². The molecule has 2 aromatic carbocycles. The van der Waals surface area contributed by atoms with Gasteiger partial charge in [0, 0.05) is 38.2 Å². The summed E-state index contributed by atoms with van der Waals surface area (Å²) >= 11 is 6.09. The number of amides is 3. The van der Waals surface area contributed by atoms with Crippen molar-refractivity contribution in [3.8, 4) is 0 Å². The molecule has 0 spiro atoms. The molecule has 1 aliphatic carbocycles. The number of carboxylic acid groups (broad SMARTS) is 1. The Morgan fingerprint density at radius 2 is 1.68 bits per heavy atom. The zero-order chi connectivity index (χ0) is 29.4. The number of hydrogen-bond donors (Lipinski definition) is 1. The first kappa shape index (κ1) is 29.3. The van der Waals surface area contributed by atoms with E-state index in [-0.39, 0.29) is 36.6 Å². The zero-order valence-electron chi connectivity index (χ0n) is 23.6. The van der Waals surface area contributed by atoms with Crippen LogP contribution in [0, 0.1) is 0 Å². The number of benzene rings is 2. The SMILES string of the molecule is CN(C)C(=O)[C@H]1CC2=C(Cc3ccccc32)[C@H](c2ccc(C(=O)N(CCC(=O)O)C(C)(C)C)cc2)N1C(=O)CCl. The number of rotatable bonds is 7. The van der Waals surface area contributed by atoms with Crippen molar-refractivity contribution in [2.75, 3.05) is 26.5 Å². The number of fused-ring (bicyclic) bond motifs is 2. The minimum atomic E-state index is -0.970. The average molecular weight is 566 g/mol. The van der Waals surface area contributed by atoms with Crippen LogP contribution in [0.15, 0.2) is 54.1 Å². The van der Waals surface area contributed by atoms with Gasteiger partial charge in [-0.3, -0.25) is 19.2 Å². The minimum Gasteiger partial charge on any atom is -0.481 e. The third kappa shape index (κ3) is 5.63. The van der Waals surface area contributed by atoms with Crippen LogP contribution in [0.4, 0.5) is 0 Å². The Morgan fingerprint density at radius 3 is 2.25 bits per heavy atom. The summed E-state index contributed by atoms with van der Waals surface area (Å²) in [5.74, 6) is -2.01. The lowest BCUT2D eigenvalue weighted by Crippen LogP contribution is -2.53. The summed E-state index contributed by atoms with van der Waals surface area (Å²) in [5.41, 5.74) is 5.00. The lowest BCUT2D eigenvalue weighted by Gasteiger charge is -2.43. The van der Waals surface area contributed by atoms with Crippen LogP contribution in [0.1, 0.15) is 66.7 Å². The van der Waals surface area contributed by atoms with Gasteiger partial charge in [-0.05, 0) is 67.2 Å². The minimum absolute atomic E-state index is 0.0862. The maximum atomic E-state index is 13.4. The molecule has 2 aliphatic rings. The number of nitrogens with zero attached hydrogens (tertiary/aromatic N) is 3. The van der Waals surface area contributed by atoms with E-state index in [4.69, 9.17) is 11.6 Å². The first-order chi connectivity index (χ1) is 18.8. The van der Waals surface area contributed by atoms with Crippen molar-refractivity contribution in [3.63, 3.8) is 0 Å². The summed E-state index contributed by atoms with van der Waals surface area (Å²) < 4.78 is 0. The first-order valence-electron chi connectivity index (χ1n) is 13.4. The van der Waals surface area contributed by atoms with Crippen molar-refractivity contribution < 1.29 is 24.3 Å². The standard InChI is InChI=1S/C31H36ClN3O5/c1-31(2,3)34(15-14-27(37)38)29(39)20-12-10-19(11-13-20)28-24-16-21-8-6-7-9-22(21)23(24)17-25(30(40)33(4)5)35(28)26(36)18-32/h6-13,25,28H,14-18H2,1-5H3,(H,37,38)/t25-,28+/m1/s1. The number of alkyl halides is 1. The second-order valence-corrected chi connectivity index (χ2v) is 11.8. The van der Waals surface area contributed by atoms with Gasteiger partial charge in [-0.2, -0.15) is 0 Å². The Hall–Kier alpha value is -3.65. The fourth-order valence-electron chi connectivity index (χ4n) is 5.76. The number of hydrogen-bond acceptors (Lipinski definition) is 4. The third-order valence-corrected chi connectivity index (χ3v) is 7.89. The quantitative estimate of drug-likeness (QED) is 0.502. The number of carboxylic acids is 1. The monoisotopic (exact) mass is 565 g/mol. The highest BCUT2D eigenvalue weighted by Gasteiger charge is 2.45. The Morgan fingerprint density at radius 1 is 1.02 bits per heavy atom. The van der Waals surface area contributed by atoms with E-state index >= 15 is 0 Å². The summed E-state index contributed by atoms with van der Waals surface area (Å²) in [6.45, 7) is 5.69. The van der Waals surface area contributed by atoms with Gasteiger partial charge in [0.05, 0.1) is 12.5 Å². The molecule has 3 amide bonds. The van der Waals surface area contributed by atoms with Gasteiger partial charge in [-0.25, -0.2) is 0 Å². The molecule has 8 nitrogen and oxygen atoms in total. The maximum absolute atomic E-state index is 13.4. The van der Waals surface area contributed by atoms with Gasteiger partial charge < -0.3 is 19.8 Å². The Bertz CT molecular complexity index is 1360. The molecule has 0 bridgehead atoms. The summed E-state index contributed by atoms with van der Waals surface area (Å²) in [7, 11) is 3.36. The van der Waals surface area contributed by atoms with Gasteiger partial charge in [0.2, 0.25) is 11.8 Å². The van der Waals surface area contributed by atoms with Crippen molar-refractivity contribution in [1.29, 1.82) is 0 Å². The Labute approximate surface area is 240 Å². The number of likely N-dealkylation sites (N-methyl/N-ethyl adjacent to an activating group) is 1. The lowest BCUT2D eigenvalue weighted by molar-refractivity contribution is -0.145. The van der Waals surface area contributed by atoms with E-state index < -0.39 is 23.6 Å². The van der Waals surface area contributed by atoms with Gasteiger partial charge in [-0.1, -0.05) is 36.4 Å². The normalized spacial score (nSPS) is 18.2. The average Bonchev–Trinajstić information content (AvgIpc) is 3.28. The van der Waals surface area contributed by atoms with Crippen LogP contribution >= 0.6 is 11.6 Å². The molecule has 4 rings (SSSR count). The van der Waals surface area contributed by atoms with Crippen LogP contribution in [0.25, 0.3) is 5.57 Å². The van der Waals surface area contributed by atoms with E-state index in [0.29, 0.717) is 18.4 Å². The van der Waals surface area contributed by atoms with Crippen molar-refractivity contribution >= 4 is 40.9 Å². The Kier molecular flexibility index (Phi) is 8.40. The highest BCUT2D eigenvalue weighted by molar-refractivity contribution is 6.27. The van der Waals surface area contributed by atoms with Crippen LogP contribution in [0.2, 0.25) is 0 Å². The number of aliphatic carboxylic acids is 1. The van der Waals surface area contributed by atoms with Crippen LogP contribution < -0.4 is 0 Å². The second-order valence-electron chi connectivity index (χ2n) is 11.5. The van der Waals surface area contributed by atoms with Crippen molar-refractivity contribution in [2.24, 2.45) is 0 Å². The summed E-state index contributed by atoms with van der Waals surface area (Å²) in [5, 5.41) is 9.17. The van der Waals surface area contributed by atoms with E-state index in [9.17, 15) is 24.3 Å². The Balaban J connectivity index is 1.78. The zero-order valence-corrected chi connectivity index (χ0v) is 24.4. The van der Waals surface area contributed by atoms with E-state index in [2.05, 4.69) is 12.1 Å². The smallest absolute Gasteiger partial charge is 0.305 e.